The quantitative estimate of drug-likeness (QED) is 0.802. The van der Waals surface area contributed by atoms with Crippen molar-refractivity contribution in [2.24, 2.45) is 5.73 Å². The lowest BCUT2D eigenvalue weighted by Gasteiger charge is -2.32. The van der Waals surface area contributed by atoms with Crippen LogP contribution in [0.25, 0.3) is 0 Å². The molecule has 0 radical (unpaired) electrons. The fourth-order valence-corrected chi connectivity index (χ4v) is 1.77. The summed E-state index contributed by atoms with van der Waals surface area (Å²) in [7, 11) is 3.97. The Hall–Kier alpha value is -1.26. The summed E-state index contributed by atoms with van der Waals surface area (Å²) < 4.78 is 11.0. The summed E-state index contributed by atoms with van der Waals surface area (Å²) in [6.07, 6.45) is 0.774. The van der Waals surface area contributed by atoms with Crippen LogP contribution in [0.2, 0.25) is 0 Å². The maximum absolute atomic E-state index is 6.22. The van der Waals surface area contributed by atoms with E-state index in [0.29, 0.717) is 13.2 Å². The number of likely N-dealkylation sites (N-methyl/N-ethyl adjacent to an activating group) is 1. The molecule has 1 aliphatic heterocycles. The molecule has 0 spiro atoms. The van der Waals surface area contributed by atoms with E-state index in [2.05, 4.69) is 0 Å². The van der Waals surface area contributed by atoms with Crippen molar-refractivity contribution in [1.82, 2.24) is 4.90 Å². The van der Waals surface area contributed by atoms with Gasteiger partial charge in [-0.1, -0.05) is 6.07 Å². The highest BCUT2D eigenvalue weighted by Gasteiger charge is 2.22. The van der Waals surface area contributed by atoms with Crippen LogP contribution < -0.4 is 15.2 Å². The van der Waals surface area contributed by atoms with Crippen LogP contribution in [0.4, 0.5) is 0 Å². The van der Waals surface area contributed by atoms with Crippen molar-refractivity contribution in [3.63, 3.8) is 0 Å². The van der Waals surface area contributed by atoms with Gasteiger partial charge in [-0.05, 0) is 38.7 Å². The molecule has 0 aliphatic carbocycles. The van der Waals surface area contributed by atoms with Gasteiger partial charge in [-0.3, -0.25) is 4.90 Å². The lowest BCUT2D eigenvalue weighted by Crippen LogP contribution is -2.51. The molecular formula is C13H20N2O2. The number of benzene rings is 1. The molecule has 4 heteroatoms. The van der Waals surface area contributed by atoms with E-state index in [1.54, 1.807) is 0 Å². The normalized spacial score (nSPS) is 17.9. The molecule has 94 valence electrons. The number of hydrogen-bond donors (Lipinski definition) is 1. The number of nitrogens with two attached hydrogens (primary N) is 1. The third kappa shape index (κ3) is 2.70. The molecule has 4 nitrogen and oxygen atoms in total. The fourth-order valence-electron chi connectivity index (χ4n) is 1.77. The number of rotatable bonds is 3. The van der Waals surface area contributed by atoms with E-state index in [1.807, 2.05) is 44.1 Å². The van der Waals surface area contributed by atoms with Gasteiger partial charge in [0.2, 0.25) is 0 Å². The highest BCUT2D eigenvalue weighted by Crippen LogP contribution is 2.31. The van der Waals surface area contributed by atoms with Crippen LogP contribution in [0.1, 0.15) is 12.5 Å². The number of fused-ring (bicyclic) bond motifs is 1. The van der Waals surface area contributed by atoms with Gasteiger partial charge >= 0.3 is 0 Å². The SMILES string of the molecule is CN(C)C(C)(N)Cc1ccc2c(c1)OCCO2. The highest BCUT2D eigenvalue weighted by atomic mass is 16.6. The van der Waals surface area contributed by atoms with Gasteiger partial charge in [0.05, 0.1) is 5.66 Å². The maximum atomic E-state index is 6.22. The van der Waals surface area contributed by atoms with Crippen molar-refractivity contribution >= 4 is 0 Å². The minimum atomic E-state index is -0.357. The Morgan fingerprint density at radius 1 is 1.24 bits per heavy atom. The Morgan fingerprint density at radius 3 is 2.53 bits per heavy atom. The van der Waals surface area contributed by atoms with Gasteiger partial charge in [0.1, 0.15) is 13.2 Å². The van der Waals surface area contributed by atoms with Gasteiger partial charge in [0.15, 0.2) is 11.5 Å². The largest absolute Gasteiger partial charge is 0.486 e. The molecule has 2 N–H and O–H groups in total. The van der Waals surface area contributed by atoms with E-state index < -0.39 is 0 Å². The predicted octanol–water partition coefficient (Wildman–Crippen LogP) is 1.24. The topological polar surface area (TPSA) is 47.7 Å². The molecule has 1 aromatic carbocycles. The first-order chi connectivity index (χ1) is 7.99. The molecule has 1 aromatic rings. The second-order valence-electron chi connectivity index (χ2n) is 4.91. The van der Waals surface area contributed by atoms with Crippen molar-refractivity contribution in [2.45, 2.75) is 19.0 Å². The molecule has 0 saturated carbocycles. The lowest BCUT2D eigenvalue weighted by molar-refractivity contribution is 0.169. The van der Waals surface area contributed by atoms with E-state index in [9.17, 15) is 0 Å². The van der Waals surface area contributed by atoms with Gasteiger partial charge in [0.25, 0.3) is 0 Å². The molecular weight excluding hydrogens is 216 g/mol. The molecule has 0 saturated heterocycles. The summed E-state index contributed by atoms with van der Waals surface area (Å²) in [5.74, 6) is 1.65. The summed E-state index contributed by atoms with van der Waals surface area (Å²) in [5.41, 5.74) is 7.02. The Bertz CT molecular complexity index is 402. The van der Waals surface area contributed by atoms with E-state index >= 15 is 0 Å². The van der Waals surface area contributed by atoms with Crippen LogP contribution in [0.5, 0.6) is 11.5 Å². The standard InChI is InChI=1S/C13H20N2O2/c1-13(14,15(2)3)9-10-4-5-11-12(8-10)17-7-6-16-11/h4-5,8H,6-7,9,14H2,1-3H3. The Balaban J connectivity index is 2.17. The third-order valence-electron chi connectivity index (χ3n) is 3.19. The van der Waals surface area contributed by atoms with Gasteiger partial charge in [-0.2, -0.15) is 0 Å². The zero-order valence-electron chi connectivity index (χ0n) is 10.7. The lowest BCUT2D eigenvalue weighted by atomic mass is 10.0. The van der Waals surface area contributed by atoms with Crippen molar-refractivity contribution in [3.05, 3.63) is 23.8 Å². The van der Waals surface area contributed by atoms with Gasteiger partial charge in [-0.25, -0.2) is 0 Å². The van der Waals surface area contributed by atoms with Crippen molar-refractivity contribution in [2.75, 3.05) is 27.3 Å². The average Bonchev–Trinajstić information content (AvgIpc) is 2.28. The molecule has 1 unspecified atom stereocenters. The zero-order chi connectivity index (χ0) is 12.5. The average molecular weight is 236 g/mol. The molecule has 17 heavy (non-hydrogen) atoms. The third-order valence-corrected chi connectivity index (χ3v) is 3.19. The Kier molecular flexibility index (Phi) is 3.26. The van der Waals surface area contributed by atoms with Gasteiger partial charge < -0.3 is 15.2 Å². The summed E-state index contributed by atoms with van der Waals surface area (Å²) in [6, 6.07) is 6.01. The first-order valence-electron chi connectivity index (χ1n) is 5.84. The number of hydrogen-bond acceptors (Lipinski definition) is 4. The highest BCUT2D eigenvalue weighted by molar-refractivity contribution is 5.44. The van der Waals surface area contributed by atoms with Crippen molar-refractivity contribution in [3.8, 4) is 11.5 Å². The van der Waals surface area contributed by atoms with Crippen LogP contribution in [-0.4, -0.2) is 37.9 Å². The Labute approximate surface area is 102 Å². The van der Waals surface area contributed by atoms with Gasteiger partial charge in [-0.15, -0.1) is 0 Å². The fraction of sp³-hybridized carbons (Fsp3) is 0.538. The summed E-state index contributed by atoms with van der Waals surface area (Å²) in [4.78, 5) is 2.02. The molecule has 0 fully saturated rings. The molecule has 0 amide bonds. The van der Waals surface area contributed by atoms with Crippen molar-refractivity contribution in [1.29, 1.82) is 0 Å². The molecule has 1 atom stereocenters. The van der Waals surface area contributed by atoms with E-state index in [1.165, 1.54) is 0 Å². The van der Waals surface area contributed by atoms with E-state index in [4.69, 9.17) is 15.2 Å². The minimum absolute atomic E-state index is 0.357. The molecule has 0 bridgehead atoms. The zero-order valence-corrected chi connectivity index (χ0v) is 10.7. The van der Waals surface area contributed by atoms with Crippen LogP contribution in [0.15, 0.2) is 18.2 Å². The van der Waals surface area contributed by atoms with Crippen LogP contribution in [-0.2, 0) is 6.42 Å². The molecule has 1 heterocycles. The smallest absolute Gasteiger partial charge is 0.161 e. The van der Waals surface area contributed by atoms with Crippen LogP contribution in [0, 0.1) is 0 Å². The molecule has 0 aromatic heterocycles. The van der Waals surface area contributed by atoms with E-state index in [-0.39, 0.29) is 5.66 Å². The minimum Gasteiger partial charge on any atom is -0.486 e. The van der Waals surface area contributed by atoms with Gasteiger partial charge in [0, 0.05) is 6.42 Å². The predicted molar refractivity (Wildman–Crippen MR) is 67.4 cm³/mol. The van der Waals surface area contributed by atoms with Crippen LogP contribution >= 0.6 is 0 Å². The number of nitrogens with zero attached hydrogens (tertiary/aromatic N) is 1. The summed E-state index contributed by atoms with van der Waals surface area (Å²) in [6.45, 7) is 3.26. The first-order valence-corrected chi connectivity index (χ1v) is 5.84. The van der Waals surface area contributed by atoms with Crippen LogP contribution in [0.3, 0.4) is 0 Å². The Morgan fingerprint density at radius 2 is 1.88 bits per heavy atom. The first kappa shape index (κ1) is 12.2. The second kappa shape index (κ2) is 4.55. The van der Waals surface area contributed by atoms with E-state index in [0.717, 1.165) is 23.5 Å². The second-order valence-corrected chi connectivity index (χ2v) is 4.91. The maximum Gasteiger partial charge on any atom is 0.161 e. The summed E-state index contributed by atoms with van der Waals surface area (Å²) >= 11 is 0. The summed E-state index contributed by atoms with van der Waals surface area (Å²) in [5, 5.41) is 0. The molecule has 2 rings (SSSR count). The molecule has 1 aliphatic rings. The number of ether oxygens (including phenoxy) is 2. The van der Waals surface area contributed by atoms with Crippen molar-refractivity contribution < 1.29 is 9.47 Å². The monoisotopic (exact) mass is 236 g/mol.